The number of unbranched alkanes of at least 4 members (excludes halogenated alkanes) is 5. The van der Waals surface area contributed by atoms with Gasteiger partial charge in [0, 0.05) is 12.1 Å². The van der Waals surface area contributed by atoms with Crippen molar-refractivity contribution < 1.29 is 0 Å². The molecule has 16 heavy (non-hydrogen) atoms. The van der Waals surface area contributed by atoms with Gasteiger partial charge in [-0.3, -0.25) is 0 Å². The average Bonchev–Trinajstić information content (AvgIpc) is 2.74. The topological polar surface area (TPSA) is 12.0 Å². The Bertz CT molecular complexity index is 156. The normalized spacial score (nSPS) is 25.1. The van der Waals surface area contributed by atoms with E-state index in [-0.39, 0.29) is 0 Å². The van der Waals surface area contributed by atoms with Crippen LogP contribution in [-0.2, 0) is 0 Å². The molecule has 0 radical (unpaired) electrons. The Morgan fingerprint density at radius 2 is 1.31 bits per heavy atom. The summed E-state index contributed by atoms with van der Waals surface area (Å²) in [5.41, 5.74) is 0. The second kappa shape index (κ2) is 9.04. The SMILES string of the molecule is CCCCCCC[C@H]1CC[C@H](CCCC)N1. The van der Waals surface area contributed by atoms with Crippen LogP contribution in [0.5, 0.6) is 0 Å². The number of rotatable bonds is 9. The summed E-state index contributed by atoms with van der Waals surface area (Å²) >= 11 is 0. The van der Waals surface area contributed by atoms with E-state index in [2.05, 4.69) is 19.2 Å². The highest BCUT2D eigenvalue weighted by atomic mass is 15.0. The van der Waals surface area contributed by atoms with E-state index in [4.69, 9.17) is 0 Å². The van der Waals surface area contributed by atoms with Crippen molar-refractivity contribution in [3.63, 3.8) is 0 Å². The van der Waals surface area contributed by atoms with Crippen molar-refractivity contribution in [2.75, 3.05) is 0 Å². The van der Waals surface area contributed by atoms with E-state index in [9.17, 15) is 0 Å². The highest BCUT2D eigenvalue weighted by Gasteiger charge is 2.22. The van der Waals surface area contributed by atoms with Crippen LogP contribution >= 0.6 is 0 Å². The van der Waals surface area contributed by atoms with Crippen molar-refractivity contribution in [1.29, 1.82) is 0 Å². The van der Waals surface area contributed by atoms with Crippen LogP contribution in [0.1, 0.15) is 84.5 Å². The first kappa shape index (κ1) is 14.0. The molecule has 0 aromatic heterocycles. The van der Waals surface area contributed by atoms with Gasteiger partial charge in [-0.25, -0.2) is 0 Å². The Morgan fingerprint density at radius 3 is 1.94 bits per heavy atom. The van der Waals surface area contributed by atoms with Crippen molar-refractivity contribution in [2.45, 2.75) is 96.6 Å². The zero-order chi connectivity index (χ0) is 11.6. The van der Waals surface area contributed by atoms with Gasteiger partial charge in [-0.15, -0.1) is 0 Å². The molecule has 1 nitrogen and oxygen atoms in total. The summed E-state index contributed by atoms with van der Waals surface area (Å²) in [6, 6.07) is 1.70. The standard InChI is InChI=1S/C15H31N/c1-3-5-7-8-9-11-15-13-12-14(16-15)10-6-4-2/h14-16H,3-13H2,1-2H3/t14-,15-/m0/s1. The van der Waals surface area contributed by atoms with Gasteiger partial charge in [0.1, 0.15) is 0 Å². The van der Waals surface area contributed by atoms with Crippen LogP contribution in [-0.4, -0.2) is 12.1 Å². The molecular formula is C15H31N. The van der Waals surface area contributed by atoms with E-state index < -0.39 is 0 Å². The summed E-state index contributed by atoms with van der Waals surface area (Å²) in [7, 11) is 0. The van der Waals surface area contributed by atoms with Crippen LogP contribution in [0.4, 0.5) is 0 Å². The average molecular weight is 225 g/mol. The Kier molecular flexibility index (Phi) is 7.92. The minimum Gasteiger partial charge on any atom is -0.311 e. The third kappa shape index (κ3) is 5.89. The van der Waals surface area contributed by atoms with Crippen molar-refractivity contribution >= 4 is 0 Å². The molecule has 0 aliphatic carbocycles. The smallest absolute Gasteiger partial charge is 0.00702 e. The lowest BCUT2D eigenvalue weighted by atomic mass is 10.0. The van der Waals surface area contributed by atoms with Crippen LogP contribution in [0.15, 0.2) is 0 Å². The molecule has 0 spiro atoms. The predicted molar refractivity (Wildman–Crippen MR) is 72.8 cm³/mol. The second-order valence-electron chi connectivity index (χ2n) is 5.48. The monoisotopic (exact) mass is 225 g/mol. The second-order valence-corrected chi connectivity index (χ2v) is 5.48. The van der Waals surface area contributed by atoms with E-state index in [1.54, 1.807) is 0 Å². The Labute approximate surface area is 102 Å². The van der Waals surface area contributed by atoms with E-state index in [1.165, 1.54) is 70.6 Å². The quantitative estimate of drug-likeness (QED) is 0.563. The molecule has 0 bridgehead atoms. The number of hydrogen-bond acceptors (Lipinski definition) is 1. The van der Waals surface area contributed by atoms with Gasteiger partial charge in [-0.05, 0) is 25.7 Å². The summed E-state index contributed by atoms with van der Waals surface area (Å²) in [5.74, 6) is 0. The third-order valence-corrected chi connectivity index (χ3v) is 3.90. The molecular weight excluding hydrogens is 194 g/mol. The maximum absolute atomic E-state index is 3.82. The van der Waals surface area contributed by atoms with Gasteiger partial charge in [-0.2, -0.15) is 0 Å². The minimum absolute atomic E-state index is 0.848. The van der Waals surface area contributed by atoms with E-state index in [1.807, 2.05) is 0 Å². The Hall–Kier alpha value is -0.0400. The van der Waals surface area contributed by atoms with Gasteiger partial charge >= 0.3 is 0 Å². The van der Waals surface area contributed by atoms with Crippen LogP contribution < -0.4 is 5.32 Å². The lowest BCUT2D eigenvalue weighted by Crippen LogP contribution is -2.29. The molecule has 1 heterocycles. The zero-order valence-corrected chi connectivity index (χ0v) is 11.4. The van der Waals surface area contributed by atoms with E-state index >= 15 is 0 Å². The van der Waals surface area contributed by atoms with Gasteiger partial charge in [-0.1, -0.05) is 58.8 Å². The molecule has 0 aromatic carbocycles. The fourth-order valence-electron chi connectivity index (χ4n) is 2.80. The fraction of sp³-hybridized carbons (Fsp3) is 1.00. The Balaban J connectivity index is 1.94. The first-order chi connectivity index (χ1) is 7.86. The highest BCUT2D eigenvalue weighted by Crippen LogP contribution is 2.21. The predicted octanol–water partition coefficient (Wildman–Crippen LogP) is 4.66. The summed E-state index contributed by atoms with van der Waals surface area (Å²) in [4.78, 5) is 0. The molecule has 2 atom stereocenters. The van der Waals surface area contributed by atoms with Crippen LogP contribution in [0.25, 0.3) is 0 Å². The van der Waals surface area contributed by atoms with Crippen molar-refractivity contribution in [1.82, 2.24) is 5.32 Å². The Morgan fingerprint density at radius 1 is 0.750 bits per heavy atom. The highest BCUT2D eigenvalue weighted by molar-refractivity contribution is 4.83. The first-order valence-electron chi connectivity index (χ1n) is 7.62. The molecule has 1 aliphatic rings. The minimum atomic E-state index is 0.848. The molecule has 0 unspecified atom stereocenters. The lowest BCUT2D eigenvalue weighted by Gasteiger charge is -2.13. The summed E-state index contributed by atoms with van der Waals surface area (Å²) in [5, 5.41) is 3.82. The van der Waals surface area contributed by atoms with Gasteiger partial charge in [0.15, 0.2) is 0 Å². The van der Waals surface area contributed by atoms with Crippen LogP contribution in [0.2, 0.25) is 0 Å². The first-order valence-corrected chi connectivity index (χ1v) is 7.62. The maximum atomic E-state index is 3.82. The molecule has 0 aromatic rings. The molecule has 1 rings (SSSR count). The zero-order valence-electron chi connectivity index (χ0n) is 11.4. The van der Waals surface area contributed by atoms with Crippen LogP contribution in [0, 0.1) is 0 Å². The summed E-state index contributed by atoms with van der Waals surface area (Å²) < 4.78 is 0. The fourth-order valence-corrected chi connectivity index (χ4v) is 2.80. The third-order valence-electron chi connectivity index (χ3n) is 3.90. The van der Waals surface area contributed by atoms with Crippen LogP contribution in [0.3, 0.4) is 0 Å². The number of nitrogens with one attached hydrogen (secondary N) is 1. The molecule has 1 fully saturated rings. The molecule has 1 aliphatic heterocycles. The van der Waals surface area contributed by atoms with E-state index in [0.717, 1.165) is 12.1 Å². The van der Waals surface area contributed by atoms with Crippen molar-refractivity contribution in [3.05, 3.63) is 0 Å². The molecule has 0 amide bonds. The summed E-state index contributed by atoms with van der Waals surface area (Å²) in [6.45, 7) is 4.58. The van der Waals surface area contributed by atoms with Gasteiger partial charge in [0.05, 0.1) is 0 Å². The van der Waals surface area contributed by atoms with Crippen molar-refractivity contribution in [3.8, 4) is 0 Å². The van der Waals surface area contributed by atoms with Gasteiger partial charge in [0.25, 0.3) is 0 Å². The molecule has 0 saturated carbocycles. The van der Waals surface area contributed by atoms with Crippen molar-refractivity contribution in [2.24, 2.45) is 0 Å². The maximum Gasteiger partial charge on any atom is 0.00702 e. The summed E-state index contributed by atoms with van der Waals surface area (Å²) in [6.07, 6.45) is 15.6. The number of hydrogen-bond donors (Lipinski definition) is 1. The largest absolute Gasteiger partial charge is 0.311 e. The lowest BCUT2D eigenvalue weighted by molar-refractivity contribution is 0.461. The molecule has 1 saturated heterocycles. The molecule has 96 valence electrons. The van der Waals surface area contributed by atoms with E-state index in [0.29, 0.717) is 0 Å². The van der Waals surface area contributed by atoms with Gasteiger partial charge < -0.3 is 5.32 Å². The molecule has 1 heteroatoms. The van der Waals surface area contributed by atoms with Gasteiger partial charge in [0.2, 0.25) is 0 Å². The molecule has 1 N–H and O–H groups in total.